The fraction of sp³-hybridized carbons (Fsp3) is 0.200. The van der Waals surface area contributed by atoms with Crippen LogP contribution in [0.3, 0.4) is 0 Å². The van der Waals surface area contributed by atoms with Gasteiger partial charge in [-0.1, -0.05) is 48.2 Å². The predicted octanol–water partition coefficient (Wildman–Crippen LogP) is 4.38. The molecule has 2 aromatic heterocycles. The summed E-state index contributed by atoms with van der Waals surface area (Å²) in [5, 5.41) is 15.0. The molecule has 0 saturated heterocycles. The van der Waals surface area contributed by atoms with Crippen LogP contribution in [0, 0.1) is 6.92 Å². The van der Waals surface area contributed by atoms with Crippen LogP contribution < -0.4 is 10.6 Å². The normalized spacial score (nSPS) is 10.8. The number of amides is 2. The number of carbonyl (C=O) groups excluding carboxylic acids is 2. The lowest BCUT2D eigenvalue weighted by Gasteiger charge is -2.11. The molecule has 2 aromatic carbocycles. The highest BCUT2D eigenvalue weighted by atomic mass is 32.2. The SMILES string of the molecule is CCNC(=O)c1cccc(NC(=O)CSc2nnc(-c3ccoc3C)n2Cc2ccccc2)c1. The van der Waals surface area contributed by atoms with Gasteiger partial charge in [0.1, 0.15) is 5.76 Å². The van der Waals surface area contributed by atoms with Crippen LogP contribution in [0.2, 0.25) is 0 Å². The Bertz CT molecular complexity index is 1280. The van der Waals surface area contributed by atoms with E-state index in [1.54, 1.807) is 30.5 Å². The minimum absolute atomic E-state index is 0.142. The number of anilines is 1. The van der Waals surface area contributed by atoms with Gasteiger partial charge in [-0.2, -0.15) is 0 Å². The summed E-state index contributed by atoms with van der Waals surface area (Å²) in [6.07, 6.45) is 1.63. The van der Waals surface area contributed by atoms with E-state index in [4.69, 9.17) is 4.42 Å². The highest BCUT2D eigenvalue weighted by molar-refractivity contribution is 7.99. The first-order valence-corrected chi connectivity index (χ1v) is 11.9. The van der Waals surface area contributed by atoms with Gasteiger partial charge in [0.2, 0.25) is 5.91 Å². The molecule has 9 heteroatoms. The Balaban J connectivity index is 1.49. The van der Waals surface area contributed by atoms with E-state index in [-0.39, 0.29) is 17.6 Å². The Kier molecular flexibility index (Phi) is 7.44. The van der Waals surface area contributed by atoms with Crippen molar-refractivity contribution in [1.82, 2.24) is 20.1 Å². The molecule has 4 rings (SSSR count). The Morgan fingerprint density at radius 3 is 2.62 bits per heavy atom. The minimum atomic E-state index is -0.201. The quantitative estimate of drug-likeness (QED) is 0.349. The van der Waals surface area contributed by atoms with Gasteiger partial charge in [0.15, 0.2) is 11.0 Å². The van der Waals surface area contributed by atoms with Gasteiger partial charge in [0, 0.05) is 17.8 Å². The van der Waals surface area contributed by atoms with Crippen LogP contribution in [0.4, 0.5) is 5.69 Å². The highest BCUT2D eigenvalue weighted by Crippen LogP contribution is 2.28. The largest absolute Gasteiger partial charge is 0.469 e. The second-order valence-corrected chi connectivity index (χ2v) is 8.49. The number of thioether (sulfide) groups is 1. The summed E-state index contributed by atoms with van der Waals surface area (Å²) < 4.78 is 7.45. The molecule has 0 radical (unpaired) electrons. The third-order valence-corrected chi connectivity index (χ3v) is 6.05. The third kappa shape index (κ3) is 5.55. The van der Waals surface area contributed by atoms with Crippen LogP contribution in [0.15, 0.2) is 76.5 Å². The summed E-state index contributed by atoms with van der Waals surface area (Å²) in [7, 11) is 0. The van der Waals surface area contributed by atoms with Gasteiger partial charge in [0.25, 0.3) is 5.91 Å². The first kappa shape index (κ1) is 23.3. The molecular formula is C25H25N5O3S. The van der Waals surface area contributed by atoms with Gasteiger partial charge in [-0.15, -0.1) is 10.2 Å². The number of furan rings is 1. The minimum Gasteiger partial charge on any atom is -0.469 e. The molecule has 174 valence electrons. The number of benzene rings is 2. The number of rotatable bonds is 9. The summed E-state index contributed by atoms with van der Waals surface area (Å²) in [5.74, 6) is 1.20. The van der Waals surface area contributed by atoms with Crippen molar-refractivity contribution in [3.8, 4) is 11.4 Å². The average Bonchev–Trinajstić information content (AvgIpc) is 3.44. The van der Waals surface area contributed by atoms with Gasteiger partial charge in [-0.25, -0.2) is 0 Å². The maximum Gasteiger partial charge on any atom is 0.251 e. The number of hydrogen-bond acceptors (Lipinski definition) is 6. The Hall–Kier alpha value is -3.85. The first-order chi connectivity index (χ1) is 16.5. The van der Waals surface area contributed by atoms with Crippen molar-refractivity contribution in [2.24, 2.45) is 0 Å². The summed E-state index contributed by atoms with van der Waals surface area (Å²) >= 11 is 1.30. The molecule has 34 heavy (non-hydrogen) atoms. The third-order valence-electron chi connectivity index (χ3n) is 5.08. The number of nitrogens with zero attached hydrogens (tertiary/aromatic N) is 3. The summed E-state index contributed by atoms with van der Waals surface area (Å²) in [5.41, 5.74) is 3.02. The zero-order valence-electron chi connectivity index (χ0n) is 18.9. The van der Waals surface area contributed by atoms with E-state index in [2.05, 4.69) is 20.8 Å². The van der Waals surface area contributed by atoms with Crippen LogP contribution in [0.25, 0.3) is 11.4 Å². The molecule has 0 unspecified atom stereocenters. The van der Waals surface area contributed by atoms with Crippen LogP contribution in [-0.2, 0) is 11.3 Å². The standard InChI is InChI=1S/C25H25N5O3S/c1-3-26-24(32)19-10-7-11-20(14-19)27-22(31)16-34-25-29-28-23(21-12-13-33-17(21)2)30(25)15-18-8-5-4-6-9-18/h4-14H,3,15-16H2,1-2H3,(H,26,32)(H,27,31). The second kappa shape index (κ2) is 10.8. The van der Waals surface area contributed by atoms with Gasteiger partial charge in [0.05, 0.1) is 24.1 Å². The molecule has 0 aliphatic heterocycles. The van der Waals surface area contributed by atoms with E-state index in [0.29, 0.717) is 35.3 Å². The number of aryl methyl sites for hydroxylation is 1. The lowest BCUT2D eigenvalue weighted by atomic mass is 10.2. The molecule has 2 N–H and O–H groups in total. The number of hydrogen-bond donors (Lipinski definition) is 2. The van der Waals surface area contributed by atoms with Crippen molar-refractivity contribution in [2.45, 2.75) is 25.5 Å². The molecule has 4 aromatic rings. The van der Waals surface area contributed by atoms with Gasteiger partial charge >= 0.3 is 0 Å². The smallest absolute Gasteiger partial charge is 0.251 e. The molecule has 0 aliphatic rings. The molecular weight excluding hydrogens is 450 g/mol. The Morgan fingerprint density at radius 1 is 1.06 bits per heavy atom. The fourth-order valence-electron chi connectivity index (χ4n) is 3.45. The van der Waals surface area contributed by atoms with Crippen LogP contribution >= 0.6 is 11.8 Å². The van der Waals surface area contributed by atoms with Crippen molar-refractivity contribution < 1.29 is 14.0 Å². The highest BCUT2D eigenvalue weighted by Gasteiger charge is 2.19. The molecule has 0 fully saturated rings. The van der Waals surface area contributed by atoms with Crippen molar-refractivity contribution in [3.63, 3.8) is 0 Å². The van der Waals surface area contributed by atoms with Crippen LogP contribution in [0.5, 0.6) is 0 Å². The van der Waals surface area contributed by atoms with Crippen molar-refractivity contribution in [2.75, 3.05) is 17.6 Å². The second-order valence-electron chi connectivity index (χ2n) is 7.55. The molecule has 0 aliphatic carbocycles. The lowest BCUT2D eigenvalue weighted by Crippen LogP contribution is -2.23. The first-order valence-electron chi connectivity index (χ1n) is 10.9. The predicted molar refractivity (Wildman–Crippen MR) is 132 cm³/mol. The number of nitrogens with one attached hydrogen (secondary N) is 2. The monoisotopic (exact) mass is 475 g/mol. The van der Waals surface area contributed by atoms with Crippen LogP contribution in [0.1, 0.15) is 28.6 Å². The van der Waals surface area contributed by atoms with Gasteiger partial charge < -0.3 is 15.1 Å². The summed E-state index contributed by atoms with van der Waals surface area (Å²) in [6, 6.07) is 18.7. The van der Waals surface area contributed by atoms with Crippen molar-refractivity contribution in [1.29, 1.82) is 0 Å². The van der Waals surface area contributed by atoms with Gasteiger partial charge in [-0.3, -0.25) is 14.2 Å². The van der Waals surface area contributed by atoms with Crippen LogP contribution in [-0.4, -0.2) is 38.9 Å². The molecule has 8 nitrogen and oxygen atoms in total. The molecule has 2 amide bonds. The maximum absolute atomic E-state index is 12.6. The summed E-state index contributed by atoms with van der Waals surface area (Å²) in [6.45, 7) is 4.84. The zero-order valence-corrected chi connectivity index (χ0v) is 19.8. The Labute approximate surface area is 201 Å². The molecule has 0 spiro atoms. The average molecular weight is 476 g/mol. The zero-order chi connectivity index (χ0) is 23.9. The summed E-state index contributed by atoms with van der Waals surface area (Å²) in [4.78, 5) is 24.7. The van der Waals surface area contributed by atoms with E-state index in [1.807, 2.05) is 54.8 Å². The molecule has 0 bridgehead atoms. The maximum atomic E-state index is 12.6. The lowest BCUT2D eigenvalue weighted by molar-refractivity contribution is -0.113. The van der Waals surface area contributed by atoms with E-state index >= 15 is 0 Å². The van der Waals surface area contributed by atoms with E-state index in [1.165, 1.54) is 11.8 Å². The van der Waals surface area contributed by atoms with Crippen molar-refractivity contribution in [3.05, 3.63) is 83.8 Å². The van der Waals surface area contributed by atoms with E-state index in [9.17, 15) is 9.59 Å². The number of aromatic nitrogens is 3. The molecule has 0 atom stereocenters. The topological polar surface area (TPSA) is 102 Å². The molecule has 2 heterocycles. The van der Waals surface area contributed by atoms with Gasteiger partial charge in [-0.05, 0) is 43.7 Å². The fourth-order valence-corrected chi connectivity index (χ4v) is 4.19. The number of carbonyl (C=O) groups is 2. The van der Waals surface area contributed by atoms with Crippen molar-refractivity contribution >= 4 is 29.3 Å². The van der Waals surface area contributed by atoms with E-state index in [0.717, 1.165) is 16.9 Å². The van der Waals surface area contributed by atoms with E-state index < -0.39 is 0 Å². The Morgan fingerprint density at radius 2 is 1.88 bits per heavy atom. The molecule has 0 saturated carbocycles.